The highest BCUT2D eigenvalue weighted by atomic mass is 79.9. The number of carbonyl (C=O) groups is 2. The van der Waals surface area contributed by atoms with Crippen LogP contribution >= 0.6 is 15.9 Å². The normalized spacial score (nSPS) is 10.5. The molecule has 2 aromatic rings. The summed E-state index contributed by atoms with van der Waals surface area (Å²) in [5.74, 6) is -0.348. The Morgan fingerprint density at radius 3 is 2.60 bits per heavy atom. The van der Waals surface area contributed by atoms with Crippen molar-refractivity contribution in [2.45, 2.75) is 6.42 Å². The fourth-order valence-corrected chi connectivity index (χ4v) is 2.25. The lowest BCUT2D eigenvalue weighted by atomic mass is 10.2. The van der Waals surface area contributed by atoms with E-state index < -0.39 is 11.8 Å². The zero-order valence-electron chi connectivity index (χ0n) is 13.3. The number of carbonyl (C=O) groups excluding carboxylic acids is 2. The maximum atomic E-state index is 11.8. The average Bonchev–Trinajstić information content (AvgIpc) is 2.58. The quantitative estimate of drug-likeness (QED) is 0.390. The molecule has 0 aliphatic carbocycles. The molecule has 0 fully saturated rings. The molecule has 0 aliphatic rings. The number of benzene rings is 2. The Kier molecular flexibility index (Phi) is 6.53. The number of hydrazone groups is 1. The van der Waals surface area contributed by atoms with Crippen LogP contribution < -0.4 is 15.5 Å². The van der Waals surface area contributed by atoms with Gasteiger partial charge in [-0.25, -0.2) is 5.43 Å². The van der Waals surface area contributed by atoms with E-state index in [-0.39, 0.29) is 12.2 Å². The summed E-state index contributed by atoms with van der Waals surface area (Å²) < 4.78 is 5.78. The summed E-state index contributed by atoms with van der Waals surface area (Å²) in [5.41, 5.74) is 3.22. The molecular formula is C17H16BrN3O4. The van der Waals surface area contributed by atoms with Gasteiger partial charge in [0, 0.05) is 15.7 Å². The van der Waals surface area contributed by atoms with Crippen LogP contribution in [-0.2, 0) is 9.59 Å². The lowest BCUT2D eigenvalue weighted by Crippen LogP contribution is -2.24. The molecule has 0 aromatic heterocycles. The van der Waals surface area contributed by atoms with Gasteiger partial charge < -0.3 is 15.2 Å². The molecule has 8 heteroatoms. The van der Waals surface area contributed by atoms with Crippen molar-refractivity contribution in [1.82, 2.24) is 5.43 Å². The van der Waals surface area contributed by atoms with E-state index in [9.17, 15) is 14.7 Å². The molecule has 0 saturated carbocycles. The number of phenolic OH excluding ortho intramolecular Hbond substituents is 1. The van der Waals surface area contributed by atoms with Gasteiger partial charge in [-0.2, -0.15) is 5.10 Å². The van der Waals surface area contributed by atoms with Crippen molar-refractivity contribution in [2.24, 2.45) is 5.10 Å². The van der Waals surface area contributed by atoms with E-state index >= 15 is 0 Å². The molecule has 0 radical (unpaired) electrons. The Morgan fingerprint density at radius 2 is 1.92 bits per heavy atom. The summed E-state index contributed by atoms with van der Waals surface area (Å²) in [6.45, 7) is 0. The van der Waals surface area contributed by atoms with Crippen molar-refractivity contribution in [3.63, 3.8) is 0 Å². The molecule has 130 valence electrons. The summed E-state index contributed by atoms with van der Waals surface area (Å²) in [4.78, 5) is 23.5. The van der Waals surface area contributed by atoms with Crippen LogP contribution in [0, 0.1) is 0 Å². The summed E-state index contributed by atoms with van der Waals surface area (Å²) in [6.07, 6.45) is 0.910. The number of nitrogens with one attached hydrogen (secondary N) is 2. The van der Waals surface area contributed by atoms with Gasteiger partial charge in [-0.05, 0) is 42.5 Å². The molecule has 3 N–H and O–H groups in total. The van der Waals surface area contributed by atoms with Gasteiger partial charge in [0.1, 0.15) is 17.9 Å². The Morgan fingerprint density at radius 1 is 1.20 bits per heavy atom. The van der Waals surface area contributed by atoms with E-state index in [1.54, 1.807) is 43.5 Å². The summed E-state index contributed by atoms with van der Waals surface area (Å²) in [7, 11) is 1.55. The first-order valence-electron chi connectivity index (χ1n) is 7.22. The number of halogens is 1. The minimum Gasteiger partial charge on any atom is -0.507 e. The second kappa shape index (κ2) is 8.84. The van der Waals surface area contributed by atoms with Crippen molar-refractivity contribution >= 4 is 39.6 Å². The molecule has 0 unspecified atom stereocenters. The van der Waals surface area contributed by atoms with Crippen LogP contribution in [0.3, 0.4) is 0 Å². The van der Waals surface area contributed by atoms with Crippen LogP contribution in [0.1, 0.15) is 12.0 Å². The van der Waals surface area contributed by atoms with E-state index in [4.69, 9.17) is 4.74 Å². The predicted octanol–water partition coefficient (Wildman–Crippen LogP) is 2.64. The van der Waals surface area contributed by atoms with Crippen molar-refractivity contribution in [2.75, 3.05) is 12.4 Å². The first-order valence-corrected chi connectivity index (χ1v) is 8.01. The summed E-state index contributed by atoms with van der Waals surface area (Å²) >= 11 is 3.27. The van der Waals surface area contributed by atoms with E-state index in [1.807, 2.05) is 0 Å². The molecule has 0 saturated heterocycles. The van der Waals surface area contributed by atoms with Crippen LogP contribution in [0.4, 0.5) is 5.69 Å². The van der Waals surface area contributed by atoms with Crippen molar-refractivity contribution in [3.8, 4) is 11.5 Å². The number of methoxy groups -OCH3 is 1. The second-order valence-corrected chi connectivity index (χ2v) is 5.87. The van der Waals surface area contributed by atoms with Crippen molar-refractivity contribution < 1.29 is 19.4 Å². The van der Waals surface area contributed by atoms with Crippen LogP contribution in [-0.4, -0.2) is 30.2 Å². The van der Waals surface area contributed by atoms with Crippen LogP contribution in [0.25, 0.3) is 0 Å². The molecule has 0 aliphatic heterocycles. The number of amides is 2. The standard InChI is InChI=1S/C17H16BrN3O4/c1-25-14-5-3-13(4-6-14)20-16(23)9-17(24)21-19-10-11-8-12(18)2-7-15(11)22/h2-8,10,22H,9H2,1H3,(H,20,23)(H,21,24). The van der Waals surface area contributed by atoms with Crippen LogP contribution in [0.15, 0.2) is 52.0 Å². The third-order valence-corrected chi connectivity index (χ3v) is 3.57. The zero-order chi connectivity index (χ0) is 18.2. The number of phenols is 1. The fourth-order valence-electron chi connectivity index (χ4n) is 1.87. The Bertz CT molecular complexity index is 791. The van der Waals surface area contributed by atoms with E-state index in [0.29, 0.717) is 17.0 Å². The number of anilines is 1. The van der Waals surface area contributed by atoms with Crippen LogP contribution in [0.5, 0.6) is 11.5 Å². The first kappa shape index (κ1) is 18.5. The van der Waals surface area contributed by atoms with Crippen LogP contribution in [0.2, 0.25) is 0 Å². The summed E-state index contributed by atoms with van der Waals surface area (Å²) in [5, 5.41) is 16.0. The highest BCUT2D eigenvalue weighted by Gasteiger charge is 2.09. The minimum absolute atomic E-state index is 0.0263. The van der Waals surface area contributed by atoms with E-state index in [2.05, 4.69) is 31.8 Å². The maximum Gasteiger partial charge on any atom is 0.249 e. The van der Waals surface area contributed by atoms with Gasteiger partial charge in [0.15, 0.2) is 0 Å². The highest BCUT2D eigenvalue weighted by molar-refractivity contribution is 9.10. The molecule has 2 amide bonds. The lowest BCUT2D eigenvalue weighted by molar-refractivity contribution is -0.126. The smallest absolute Gasteiger partial charge is 0.249 e. The van der Waals surface area contributed by atoms with Crippen molar-refractivity contribution in [3.05, 3.63) is 52.5 Å². The molecule has 0 heterocycles. The molecule has 2 aromatic carbocycles. The SMILES string of the molecule is COc1ccc(NC(=O)CC(=O)NN=Cc2cc(Br)ccc2O)cc1. The number of nitrogens with zero attached hydrogens (tertiary/aromatic N) is 1. The molecule has 0 atom stereocenters. The Hall–Kier alpha value is -2.87. The van der Waals surface area contributed by atoms with Gasteiger partial charge in [0.2, 0.25) is 11.8 Å². The van der Waals surface area contributed by atoms with Gasteiger partial charge in [-0.3, -0.25) is 9.59 Å². The Labute approximate surface area is 152 Å². The van der Waals surface area contributed by atoms with E-state index in [0.717, 1.165) is 4.47 Å². The van der Waals surface area contributed by atoms with E-state index in [1.165, 1.54) is 12.3 Å². The van der Waals surface area contributed by atoms with Gasteiger partial charge >= 0.3 is 0 Å². The number of aromatic hydroxyl groups is 1. The topological polar surface area (TPSA) is 100 Å². The predicted molar refractivity (Wildman–Crippen MR) is 97.8 cm³/mol. The van der Waals surface area contributed by atoms with Gasteiger partial charge in [0.25, 0.3) is 0 Å². The molecule has 7 nitrogen and oxygen atoms in total. The fraction of sp³-hybridized carbons (Fsp3) is 0.118. The third-order valence-electron chi connectivity index (χ3n) is 3.08. The number of hydrogen-bond donors (Lipinski definition) is 3. The molecule has 2 rings (SSSR count). The largest absolute Gasteiger partial charge is 0.507 e. The van der Waals surface area contributed by atoms with Gasteiger partial charge in [-0.15, -0.1) is 0 Å². The monoisotopic (exact) mass is 405 g/mol. The molecule has 0 spiro atoms. The Balaban J connectivity index is 1.83. The maximum absolute atomic E-state index is 11.8. The lowest BCUT2D eigenvalue weighted by Gasteiger charge is -2.05. The average molecular weight is 406 g/mol. The summed E-state index contributed by atoms with van der Waals surface area (Å²) in [6, 6.07) is 11.5. The number of ether oxygens (including phenoxy) is 1. The minimum atomic E-state index is -0.572. The second-order valence-electron chi connectivity index (χ2n) is 4.95. The zero-order valence-corrected chi connectivity index (χ0v) is 14.9. The van der Waals surface area contributed by atoms with Gasteiger partial charge in [-0.1, -0.05) is 15.9 Å². The van der Waals surface area contributed by atoms with Crippen molar-refractivity contribution in [1.29, 1.82) is 0 Å². The number of hydrogen-bond acceptors (Lipinski definition) is 5. The molecule has 25 heavy (non-hydrogen) atoms. The highest BCUT2D eigenvalue weighted by Crippen LogP contribution is 2.20. The first-order chi connectivity index (χ1) is 12.0. The molecule has 0 bridgehead atoms. The third kappa shape index (κ3) is 5.92. The van der Waals surface area contributed by atoms with Gasteiger partial charge in [0.05, 0.1) is 13.3 Å². The number of rotatable bonds is 6. The molecular weight excluding hydrogens is 390 g/mol.